The predicted molar refractivity (Wildman–Crippen MR) is 89.2 cm³/mol. The van der Waals surface area contributed by atoms with Crippen molar-refractivity contribution in [1.29, 1.82) is 0 Å². The molecule has 1 heterocycles. The second-order valence-corrected chi connectivity index (χ2v) is 6.03. The maximum atomic E-state index is 6.19. The predicted octanol–water partition coefficient (Wildman–Crippen LogP) is 6.05. The molecule has 0 amide bonds. The van der Waals surface area contributed by atoms with E-state index < -0.39 is 0 Å². The third-order valence-electron chi connectivity index (χ3n) is 2.91. The maximum Gasteiger partial charge on any atom is 0.0734 e. The summed E-state index contributed by atoms with van der Waals surface area (Å²) in [5, 5.41) is 5.54. The molecule has 0 aliphatic carbocycles. The summed E-state index contributed by atoms with van der Waals surface area (Å²) in [6.07, 6.45) is 1.76. The number of aromatic nitrogens is 1. The molecule has 2 aromatic carbocycles. The van der Waals surface area contributed by atoms with Crippen molar-refractivity contribution in [2.24, 2.45) is 0 Å². The zero-order valence-electron chi connectivity index (χ0n) is 10.2. The quantitative estimate of drug-likeness (QED) is 0.596. The monoisotopic (exact) mass is 366 g/mol. The Kier molecular flexibility index (Phi) is 3.83. The highest BCUT2D eigenvalue weighted by molar-refractivity contribution is 9.10. The summed E-state index contributed by atoms with van der Waals surface area (Å²) in [6.45, 7) is 0. The molecule has 0 aliphatic heterocycles. The molecule has 20 heavy (non-hydrogen) atoms. The molecule has 3 rings (SSSR count). The first-order valence-electron chi connectivity index (χ1n) is 5.90. The Morgan fingerprint density at radius 1 is 0.950 bits per heavy atom. The lowest BCUT2D eigenvalue weighted by Gasteiger charge is -2.11. The van der Waals surface area contributed by atoms with Crippen LogP contribution in [-0.4, -0.2) is 4.98 Å². The molecule has 0 bridgehead atoms. The van der Waals surface area contributed by atoms with Crippen LogP contribution in [0.25, 0.3) is 10.9 Å². The van der Waals surface area contributed by atoms with Crippen molar-refractivity contribution < 1.29 is 0 Å². The molecule has 1 N–H and O–H groups in total. The minimum absolute atomic E-state index is 0.583. The standard InChI is InChI=1S/C15H9BrCl2N2/c16-9-1-3-11-13(5-6-19-15(11)7-9)20-14-4-2-10(17)8-12(14)18/h1-8H,(H,19,20). The lowest BCUT2D eigenvalue weighted by molar-refractivity contribution is 1.40. The minimum Gasteiger partial charge on any atom is -0.354 e. The van der Waals surface area contributed by atoms with Gasteiger partial charge in [0, 0.05) is 26.8 Å². The second kappa shape index (κ2) is 5.60. The molecule has 0 unspecified atom stereocenters. The van der Waals surface area contributed by atoms with Crippen molar-refractivity contribution in [3.8, 4) is 0 Å². The lowest BCUT2D eigenvalue weighted by atomic mass is 10.2. The lowest BCUT2D eigenvalue weighted by Crippen LogP contribution is -1.93. The number of hydrogen-bond acceptors (Lipinski definition) is 2. The van der Waals surface area contributed by atoms with Gasteiger partial charge in [0.05, 0.1) is 16.2 Å². The number of benzene rings is 2. The van der Waals surface area contributed by atoms with Crippen LogP contribution in [0.3, 0.4) is 0 Å². The van der Waals surface area contributed by atoms with Gasteiger partial charge >= 0.3 is 0 Å². The largest absolute Gasteiger partial charge is 0.354 e. The first kappa shape index (κ1) is 13.7. The molecular weight excluding hydrogens is 359 g/mol. The normalized spacial score (nSPS) is 10.8. The molecule has 0 saturated heterocycles. The van der Waals surface area contributed by atoms with Crippen LogP contribution in [0, 0.1) is 0 Å². The van der Waals surface area contributed by atoms with E-state index in [4.69, 9.17) is 23.2 Å². The third-order valence-corrected chi connectivity index (χ3v) is 3.95. The van der Waals surface area contributed by atoms with E-state index in [0.717, 1.165) is 26.8 Å². The van der Waals surface area contributed by atoms with Gasteiger partial charge < -0.3 is 5.32 Å². The highest BCUT2D eigenvalue weighted by atomic mass is 79.9. The molecule has 3 aromatic rings. The molecule has 5 heteroatoms. The molecule has 100 valence electrons. The van der Waals surface area contributed by atoms with Gasteiger partial charge in [0.1, 0.15) is 0 Å². The Hall–Kier alpha value is -1.29. The van der Waals surface area contributed by atoms with Crippen LogP contribution in [0.4, 0.5) is 11.4 Å². The Balaban J connectivity index is 2.06. The Bertz CT molecular complexity index is 790. The smallest absolute Gasteiger partial charge is 0.0734 e. The number of fused-ring (bicyclic) bond motifs is 1. The summed E-state index contributed by atoms with van der Waals surface area (Å²) < 4.78 is 0.999. The van der Waals surface area contributed by atoms with Crippen LogP contribution in [-0.2, 0) is 0 Å². The number of halogens is 3. The second-order valence-electron chi connectivity index (χ2n) is 4.27. The molecular formula is C15H9BrCl2N2. The minimum atomic E-state index is 0.583. The van der Waals surface area contributed by atoms with Crippen LogP contribution >= 0.6 is 39.1 Å². The van der Waals surface area contributed by atoms with Crippen molar-refractivity contribution in [1.82, 2.24) is 4.98 Å². The van der Waals surface area contributed by atoms with E-state index in [0.29, 0.717) is 10.0 Å². The number of pyridine rings is 1. The van der Waals surface area contributed by atoms with Gasteiger partial charge in [-0.05, 0) is 42.5 Å². The first-order valence-corrected chi connectivity index (χ1v) is 7.45. The van der Waals surface area contributed by atoms with Gasteiger partial charge in [-0.15, -0.1) is 0 Å². The SMILES string of the molecule is Clc1ccc(Nc2ccnc3cc(Br)ccc23)c(Cl)c1. The Morgan fingerprint density at radius 2 is 1.80 bits per heavy atom. The van der Waals surface area contributed by atoms with Gasteiger partial charge in [0.25, 0.3) is 0 Å². The molecule has 1 aromatic heterocycles. The Labute approximate surface area is 134 Å². The Morgan fingerprint density at radius 3 is 2.60 bits per heavy atom. The van der Waals surface area contributed by atoms with Crippen molar-refractivity contribution >= 4 is 61.4 Å². The van der Waals surface area contributed by atoms with E-state index in [9.17, 15) is 0 Å². The number of anilines is 2. The highest BCUT2D eigenvalue weighted by Crippen LogP contribution is 2.31. The number of nitrogens with one attached hydrogen (secondary N) is 1. The van der Waals surface area contributed by atoms with Gasteiger partial charge in [-0.25, -0.2) is 0 Å². The van der Waals surface area contributed by atoms with Gasteiger partial charge in [0.2, 0.25) is 0 Å². The van der Waals surface area contributed by atoms with Crippen molar-refractivity contribution in [3.63, 3.8) is 0 Å². The number of rotatable bonds is 2. The van der Waals surface area contributed by atoms with Crippen LogP contribution in [0.5, 0.6) is 0 Å². The number of hydrogen-bond donors (Lipinski definition) is 1. The first-order chi connectivity index (χ1) is 9.63. The summed E-state index contributed by atoms with van der Waals surface area (Å²) in [4.78, 5) is 4.36. The summed E-state index contributed by atoms with van der Waals surface area (Å²) >= 11 is 15.5. The van der Waals surface area contributed by atoms with E-state index >= 15 is 0 Å². The molecule has 0 fully saturated rings. The summed E-state index contributed by atoms with van der Waals surface area (Å²) in [5.74, 6) is 0. The molecule has 2 nitrogen and oxygen atoms in total. The molecule has 0 radical (unpaired) electrons. The average molecular weight is 368 g/mol. The highest BCUT2D eigenvalue weighted by Gasteiger charge is 2.06. The van der Waals surface area contributed by atoms with Gasteiger partial charge in [0.15, 0.2) is 0 Å². The van der Waals surface area contributed by atoms with E-state index in [1.807, 2.05) is 30.3 Å². The average Bonchev–Trinajstić information content (AvgIpc) is 2.41. The zero-order chi connectivity index (χ0) is 14.1. The fourth-order valence-electron chi connectivity index (χ4n) is 1.97. The van der Waals surface area contributed by atoms with Crippen LogP contribution in [0.1, 0.15) is 0 Å². The summed E-state index contributed by atoms with van der Waals surface area (Å²) in [5.41, 5.74) is 2.67. The van der Waals surface area contributed by atoms with Gasteiger partial charge in [-0.3, -0.25) is 4.98 Å². The van der Waals surface area contributed by atoms with E-state index in [1.54, 1.807) is 18.3 Å². The molecule has 0 spiro atoms. The van der Waals surface area contributed by atoms with Crippen LogP contribution < -0.4 is 5.32 Å². The van der Waals surface area contributed by atoms with Crippen molar-refractivity contribution in [2.45, 2.75) is 0 Å². The summed E-state index contributed by atoms with van der Waals surface area (Å²) in [7, 11) is 0. The van der Waals surface area contributed by atoms with Gasteiger partial charge in [-0.1, -0.05) is 39.1 Å². The maximum absolute atomic E-state index is 6.19. The molecule has 0 atom stereocenters. The topological polar surface area (TPSA) is 24.9 Å². The zero-order valence-corrected chi connectivity index (χ0v) is 13.3. The molecule has 0 saturated carbocycles. The fourth-order valence-corrected chi connectivity index (χ4v) is 2.77. The fraction of sp³-hybridized carbons (Fsp3) is 0. The summed E-state index contributed by atoms with van der Waals surface area (Å²) in [6, 6.07) is 13.3. The van der Waals surface area contributed by atoms with Crippen molar-refractivity contribution in [2.75, 3.05) is 5.32 Å². The number of nitrogens with zero attached hydrogens (tertiary/aromatic N) is 1. The third kappa shape index (κ3) is 2.75. The van der Waals surface area contributed by atoms with Crippen LogP contribution in [0.15, 0.2) is 53.1 Å². The molecule has 0 aliphatic rings. The van der Waals surface area contributed by atoms with Gasteiger partial charge in [-0.2, -0.15) is 0 Å². The van der Waals surface area contributed by atoms with E-state index in [2.05, 4.69) is 26.2 Å². The van der Waals surface area contributed by atoms with E-state index in [1.165, 1.54) is 0 Å². The van der Waals surface area contributed by atoms with Crippen molar-refractivity contribution in [3.05, 3.63) is 63.2 Å². The van der Waals surface area contributed by atoms with Crippen LogP contribution in [0.2, 0.25) is 10.0 Å². The van der Waals surface area contributed by atoms with E-state index in [-0.39, 0.29) is 0 Å².